The second kappa shape index (κ2) is 7.84. The Labute approximate surface area is 158 Å². The van der Waals surface area contributed by atoms with E-state index < -0.39 is 0 Å². The molecule has 27 heavy (non-hydrogen) atoms. The second-order valence-corrected chi connectivity index (χ2v) is 6.98. The number of rotatable bonds is 6. The predicted molar refractivity (Wildman–Crippen MR) is 104 cm³/mol. The number of nitrogens with one attached hydrogen (secondary N) is 3. The Kier molecular flexibility index (Phi) is 5.11. The molecule has 1 fully saturated rings. The van der Waals surface area contributed by atoms with Gasteiger partial charge >= 0.3 is 0 Å². The average molecular weight is 367 g/mol. The monoisotopic (exact) mass is 367 g/mol. The van der Waals surface area contributed by atoms with Crippen molar-refractivity contribution in [2.75, 3.05) is 20.2 Å². The normalized spacial score (nSPS) is 17.1. The summed E-state index contributed by atoms with van der Waals surface area (Å²) in [5, 5.41) is 11.8. The van der Waals surface area contributed by atoms with Gasteiger partial charge in [-0.3, -0.25) is 9.48 Å². The fourth-order valence-electron chi connectivity index (χ4n) is 3.70. The smallest absolute Gasteiger partial charge is 0.242 e. The number of H-pyrrole nitrogens is 1. The molecule has 1 aromatic carbocycles. The molecule has 0 aliphatic carbocycles. The van der Waals surface area contributed by atoms with Crippen molar-refractivity contribution in [2.24, 2.45) is 0 Å². The molecule has 0 bridgehead atoms. The van der Waals surface area contributed by atoms with E-state index in [0.29, 0.717) is 12.5 Å². The van der Waals surface area contributed by atoms with Crippen LogP contribution in [0.15, 0.2) is 36.5 Å². The molecule has 1 aliphatic heterocycles. The maximum absolute atomic E-state index is 12.4. The van der Waals surface area contributed by atoms with E-state index in [9.17, 15) is 4.79 Å². The minimum absolute atomic E-state index is 0.0417. The van der Waals surface area contributed by atoms with Gasteiger partial charge in [0.15, 0.2) is 0 Å². The van der Waals surface area contributed by atoms with Gasteiger partial charge in [0.1, 0.15) is 12.3 Å². The van der Waals surface area contributed by atoms with Crippen LogP contribution in [0.3, 0.4) is 0 Å². The molecular weight excluding hydrogens is 342 g/mol. The number of ether oxygens (including phenoxy) is 1. The molecule has 3 aromatic rings. The fraction of sp³-hybridized carbons (Fsp3) is 0.400. The first-order valence-corrected chi connectivity index (χ1v) is 9.37. The van der Waals surface area contributed by atoms with Crippen molar-refractivity contribution < 1.29 is 9.53 Å². The van der Waals surface area contributed by atoms with Gasteiger partial charge in [0.2, 0.25) is 5.91 Å². The highest BCUT2D eigenvalue weighted by molar-refractivity contribution is 5.82. The summed E-state index contributed by atoms with van der Waals surface area (Å²) in [6, 6.07) is 9.93. The van der Waals surface area contributed by atoms with Gasteiger partial charge < -0.3 is 20.4 Å². The first-order valence-electron chi connectivity index (χ1n) is 9.37. The minimum Gasteiger partial charge on any atom is -0.497 e. The first kappa shape index (κ1) is 17.6. The number of hydrogen-bond donors (Lipinski definition) is 3. The van der Waals surface area contributed by atoms with Crippen molar-refractivity contribution in [1.82, 2.24) is 25.4 Å². The number of amides is 1. The van der Waals surface area contributed by atoms with E-state index in [1.54, 1.807) is 13.3 Å². The highest BCUT2D eigenvalue weighted by atomic mass is 16.5. The molecule has 142 valence electrons. The molecule has 7 heteroatoms. The number of benzene rings is 1. The highest BCUT2D eigenvalue weighted by Crippen LogP contribution is 2.23. The van der Waals surface area contributed by atoms with Crippen molar-refractivity contribution in [3.05, 3.63) is 47.9 Å². The van der Waals surface area contributed by atoms with E-state index in [1.807, 2.05) is 35.0 Å². The van der Waals surface area contributed by atoms with Crippen LogP contribution in [0.2, 0.25) is 0 Å². The number of methoxy groups -OCH3 is 1. The van der Waals surface area contributed by atoms with Crippen LogP contribution in [0.1, 0.15) is 30.1 Å². The molecule has 1 saturated heterocycles. The molecule has 1 aliphatic rings. The Bertz CT molecular complexity index is 923. The quantitative estimate of drug-likeness (QED) is 0.623. The Morgan fingerprint density at radius 2 is 2.30 bits per heavy atom. The predicted octanol–water partition coefficient (Wildman–Crippen LogP) is 2.16. The number of fused-ring (bicyclic) bond motifs is 1. The molecule has 7 nitrogen and oxygen atoms in total. The zero-order valence-electron chi connectivity index (χ0n) is 15.5. The lowest BCUT2D eigenvalue weighted by Crippen LogP contribution is -2.32. The molecule has 1 atom stereocenters. The molecule has 0 spiro atoms. The van der Waals surface area contributed by atoms with E-state index in [4.69, 9.17) is 4.74 Å². The Morgan fingerprint density at radius 1 is 1.37 bits per heavy atom. The van der Waals surface area contributed by atoms with E-state index in [0.717, 1.165) is 54.0 Å². The highest BCUT2D eigenvalue weighted by Gasteiger charge is 2.19. The van der Waals surface area contributed by atoms with E-state index >= 15 is 0 Å². The third kappa shape index (κ3) is 3.98. The Balaban J connectivity index is 1.37. The molecule has 4 rings (SSSR count). The van der Waals surface area contributed by atoms with Gasteiger partial charge in [-0.15, -0.1) is 0 Å². The summed E-state index contributed by atoms with van der Waals surface area (Å²) in [6.07, 6.45) is 4.08. The van der Waals surface area contributed by atoms with Crippen molar-refractivity contribution in [3.8, 4) is 5.75 Å². The molecule has 0 radical (unpaired) electrons. The lowest BCUT2D eigenvalue weighted by molar-refractivity contribution is -0.122. The van der Waals surface area contributed by atoms with Gasteiger partial charge in [0.25, 0.3) is 0 Å². The van der Waals surface area contributed by atoms with E-state index in [1.165, 1.54) is 0 Å². The maximum atomic E-state index is 12.4. The summed E-state index contributed by atoms with van der Waals surface area (Å²) < 4.78 is 7.07. The third-order valence-corrected chi connectivity index (χ3v) is 5.12. The van der Waals surface area contributed by atoms with Gasteiger partial charge in [0, 0.05) is 41.0 Å². The second-order valence-electron chi connectivity index (χ2n) is 6.98. The molecule has 3 heterocycles. The van der Waals surface area contributed by atoms with Crippen LogP contribution < -0.4 is 15.4 Å². The van der Waals surface area contributed by atoms with Crippen LogP contribution in [0, 0.1) is 0 Å². The molecule has 3 N–H and O–H groups in total. The zero-order chi connectivity index (χ0) is 18.6. The van der Waals surface area contributed by atoms with Gasteiger partial charge in [-0.25, -0.2) is 0 Å². The van der Waals surface area contributed by atoms with Crippen LogP contribution in [0.4, 0.5) is 0 Å². The molecule has 1 unspecified atom stereocenters. The first-order chi connectivity index (χ1) is 13.2. The number of piperidine rings is 1. The van der Waals surface area contributed by atoms with Crippen LogP contribution in [0.25, 0.3) is 10.9 Å². The number of carbonyl (C=O) groups is 1. The van der Waals surface area contributed by atoms with E-state index in [2.05, 4.69) is 20.7 Å². The average Bonchev–Trinajstić information content (AvgIpc) is 3.32. The van der Waals surface area contributed by atoms with E-state index in [-0.39, 0.29) is 12.5 Å². The van der Waals surface area contributed by atoms with Gasteiger partial charge in [-0.2, -0.15) is 5.10 Å². The topological polar surface area (TPSA) is 84.0 Å². The fourth-order valence-corrected chi connectivity index (χ4v) is 3.70. The minimum atomic E-state index is -0.0417. The number of hydrogen-bond acceptors (Lipinski definition) is 4. The number of aromatic amines is 1. The summed E-state index contributed by atoms with van der Waals surface area (Å²) in [4.78, 5) is 15.7. The van der Waals surface area contributed by atoms with Crippen LogP contribution in [0.5, 0.6) is 5.75 Å². The van der Waals surface area contributed by atoms with Crippen LogP contribution in [-0.4, -0.2) is 40.9 Å². The SMILES string of the molecule is COc1ccc2[nH]c(CNC(=O)Cn3nccc3C3CCCNC3)cc2c1. The number of carbonyl (C=O) groups excluding carboxylic acids is 1. The number of aromatic nitrogens is 3. The molecule has 1 amide bonds. The standard InChI is InChI=1S/C20H25N5O2/c1-27-17-4-5-18-15(10-17)9-16(24-18)12-22-20(26)13-25-19(6-8-23-25)14-3-2-7-21-11-14/h4-6,8-10,14,21,24H,2-3,7,11-13H2,1H3,(H,22,26). The summed E-state index contributed by atoms with van der Waals surface area (Å²) in [6.45, 7) is 2.72. The number of nitrogens with zero attached hydrogens (tertiary/aromatic N) is 2. The Morgan fingerprint density at radius 3 is 3.11 bits per heavy atom. The summed E-state index contributed by atoms with van der Waals surface area (Å²) in [5.41, 5.74) is 3.12. The Hall–Kier alpha value is -2.80. The molecule has 2 aromatic heterocycles. The summed E-state index contributed by atoms with van der Waals surface area (Å²) in [5.74, 6) is 1.21. The lowest BCUT2D eigenvalue weighted by Gasteiger charge is -2.23. The molecular formula is C20H25N5O2. The molecule has 0 saturated carbocycles. The maximum Gasteiger partial charge on any atom is 0.242 e. The third-order valence-electron chi connectivity index (χ3n) is 5.12. The van der Waals surface area contributed by atoms with Gasteiger partial charge in [-0.05, 0) is 49.7 Å². The van der Waals surface area contributed by atoms with Crippen LogP contribution >= 0.6 is 0 Å². The van der Waals surface area contributed by atoms with Crippen molar-refractivity contribution >= 4 is 16.8 Å². The van der Waals surface area contributed by atoms with Crippen molar-refractivity contribution in [1.29, 1.82) is 0 Å². The lowest BCUT2D eigenvalue weighted by atomic mass is 9.96. The van der Waals surface area contributed by atoms with Crippen LogP contribution in [-0.2, 0) is 17.9 Å². The van der Waals surface area contributed by atoms with Gasteiger partial charge in [-0.1, -0.05) is 0 Å². The largest absolute Gasteiger partial charge is 0.497 e. The van der Waals surface area contributed by atoms with Gasteiger partial charge in [0.05, 0.1) is 13.7 Å². The van der Waals surface area contributed by atoms with Crippen molar-refractivity contribution in [2.45, 2.75) is 31.8 Å². The summed E-state index contributed by atoms with van der Waals surface area (Å²) >= 11 is 0. The van der Waals surface area contributed by atoms with Crippen molar-refractivity contribution in [3.63, 3.8) is 0 Å². The summed E-state index contributed by atoms with van der Waals surface area (Å²) in [7, 11) is 1.65. The zero-order valence-corrected chi connectivity index (χ0v) is 15.5.